The summed E-state index contributed by atoms with van der Waals surface area (Å²) in [4.78, 5) is 33.2. The van der Waals surface area contributed by atoms with E-state index in [9.17, 15) is 9.59 Å². The lowest BCUT2D eigenvalue weighted by Gasteiger charge is -2.09. The Morgan fingerprint density at radius 3 is 2.86 bits per heavy atom. The van der Waals surface area contributed by atoms with Crippen molar-refractivity contribution in [3.05, 3.63) is 42.7 Å². The highest BCUT2D eigenvalue weighted by atomic mass is 32.1. The van der Waals surface area contributed by atoms with Crippen molar-refractivity contribution in [2.24, 2.45) is 18.0 Å². The van der Waals surface area contributed by atoms with Crippen molar-refractivity contribution in [3.63, 3.8) is 0 Å². The number of aliphatic imine (C=N–C) groups is 1. The van der Waals surface area contributed by atoms with E-state index in [2.05, 4.69) is 15.3 Å². The van der Waals surface area contributed by atoms with Gasteiger partial charge >= 0.3 is 5.69 Å². The summed E-state index contributed by atoms with van der Waals surface area (Å²) in [7, 11) is 1.44. The molecule has 0 spiro atoms. The monoisotopic (exact) mass is 318 g/mol. The average molecular weight is 318 g/mol. The van der Waals surface area contributed by atoms with Gasteiger partial charge in [-0.3, -0.25) is 14.3 Å². The summed E-state index contributed by atoms with van der Waals surface area (Å²) in [6.45, 7) is 2.77. The normalized spacial score (nSPS) is 14.6. The largest absolute Gasteiger partial charge is 0.369 e. The molecule has 0 aliphatic heterocycles. The van der Waals surface area contributed by atoms with Crippen LogP contribution in [0.5, 0.6) is 0 Å². The predicted molar refractivity (Wildman–Crippen MR) is 89.8 cm³/mol. The van der Waals surface area contributed by atoms with E-state index in [0.717, 1.165) is 16.0 Å². The Hall–Kier alpha value is -2.15. The summed E-state index contributed by atoms with van der Waals surface area (Å²) in [5, 5.41) is 3.15. The smallest absolute Gasteiger partial charge is 0.329 e. The SMILES string of the molecule is Cc1ccc(C=Nc2c(NCC3CC3)[nH]c(=O)n(C)c2=O)s1. The minimum Gasteiger partial charge on any atom is -0.369 e. The molecule has 6 nitrogen and oxygen atoms in total. The summed E-state index contributed by atoms with van der Waals surface area (Å²) < 4.78 is 1.04. The lowest BCUT2D eigenvalue weighted by atomic mass is 10.4. The zero-order valence-corrected chi connectivity index (χ0v) is 13.4. The van der Waals surface area contributed by atoms with E-state index in [4.69, 9.17) is 0 Å². The van der Waals surface area contributed by atoms with Gasteiger partial charge in [-0.2, -0.15) is 0 Å². The topological polar surface area (TPSA) is 79.2 Å². The summed E-state index contributed by atoms with van der Waals surface area (Å²) in [6, 6.07) is 3.96. The van der Waals surface area contributed by atoms with Gasteiger partial charge in [0.25, 0.3) is 5.56 Å². The quantitative estimate of drug-likeness (QED) is 0.828. The molecule has 1 fully saturated rings. The van der Waals surface area contributed by atoms with Gasteiger partial charge in [0.2, 0.25) is 0 Å². The molecule has 22 heavy (non-hydrogen) atoms. The van der Waals surface area contributed by atoms with Crippen LogP contribution in [0.4, 0.5) is 11.5 Å². The molecule has 0 saturated heterocycles. The third kappa shape index (κ3) is 3.19. The number of aromatic nitrogens is 2. The second-order valence-electron chi connectivity index (χ2n) is 5.55. The Labute approximate surface area is 131 Å². The maximum absolute atomic E-state index is 12.3. The Bertz CT molecular complexity index is 827. The highest BCUT2D eigenvalue weighted by Gasteiger charge is 2.22. The molecular formula is C15H18N4O2S. The van der Waals surface area contributed by atoms with Crippen molar-refractivity contribution in [1.82, 2.24) is 9.55 Å². The standard InChI is InChI=1S/C15H18N4O2S/c1-9-3-6-11(22-9)8-16-12-13(17-7-10-4-5-10)18-15(21)19(2)14(12)20/h3,6,8,10,17H,4-5,7H2,1-2H3,(H,18,21). The van der Waals surface area contributed by atoms with Crippen molar-refractivity contribution in [2.45, 2.75) is 19.8 Å². The average Bonchev–Trinajstić information content (AvgIpc) is 3.23. The molecule has 1 aliphatic carbocycles. The zero-order chi connectivity index (χ0) is 15.7. The number of aromatic amines is 1. The molecule has 2 aromatic heterocycles. The summed E-state index contributed by atoms with van der Waals surface area (Å²) in [6.07, 6.45) is 4.04. The molecular weight excluding hydrogens is 300 g/mol. The second kappa shape index (κ2) is 5.92. The highest BCUT2D eigenvalue weighted by molar-refractivity contribution is 7.13. The van der Waals surface area contributed by atoms with Gasteiger partial charge in [-0.1, -0.05) is 0 Å². The first-order valence-electron chi connectivity index (χ1n) is 7.22. The first-order chi connectivity index (χ1) is 10.5. The van der Waals surface area contributed by atoms with Gasteiger partial charge in [0.05, 0.1) is 0 Å². The fourth-order valence-electron chi connectivity index (χ4n) is 2.08. The summed E-state index contributed by atoms with van der Waals surface area (Å²) in [5.74, 6) is 1.04. The van der Waals surface area contributed by atoms with E-state index >= 15 is 0 Å². The van der Waals surface area contributed by atoms with Gasteiger partial charge in [-0.05, 0) is 37.8 Å². The van der Waals surface area contributed by atoms with E-state index in [1.807, 2.05) is 19.1 Å². The fourth-order valence-corrected chi connectivity index (χ4v) is 2.82. The van der Waals surface area contributed by atoms with E-state index in [1.165, 1.54) is 24.8 Å². The fraction of sp³-hybridized carbons (Fsp3) is 0.400. The van der Waals surface area contributed by atoms with Gasteiger partial charge < -0.3 is 5.32 Å². The summed E-state index contributed by atoms with van der Waals surface area (Å²) >= 11 is 1.60. The van der Waals surface area contributed by atoms with Gasteiger partial charge in [0.15, 0.2) is 5.69 Å². The van der Waals surface area contributed by atoms with E-state index in [1.54, 1.807) is 17.6 Å². The van der Waals surface area contributed by atoms with Crippen molar-refractivity contribution in [3.8, 4) is 0 Å². The van der Waals surface area contributed by atoms with Gasteiger partial charge in [0, 0.05) is 29.6 Å². The van der Waals surface area contributed by atoms with Crippen molar-refractivity contribution < 1.29 is 0 Å². The van der Waals surface area contributed by atoms with E-state index < -0.39 is 11.2 Å². The number of H-pyrrole nitrogens is 1. The van der Waals surface area contributed by atoms with Crippen LogP contribution in [0.25, 0.3) is 0 Å². The third-order valence-electron chi connectivity index (χ3n) is 3.63. The third-order valence-corrected chi connectivity index (χ3v) is 4.56. The maximum Gasteiger partial charge on any atom is 0.329 e. The lowest BCUT2D eigenvalue weighted by Crippen LogP contribution is -2.33. The van der Waals surface area contributed by atoms with Crippen LogP contribution in [0.2, 0.25) is 0 Å². The number of anilines is 1. The van der Waals surface area contributed by atoms with Gasteiger partial charge in [0.1, 0.15) is 5.82 Å². The lowest BCUT2D eigenvalue weighted by molar-refractivity contribution is 0.773. The number of nitrogens with zero attached hydrogens (tertiary/aromatic N) is 2. The first-order valence-corrected chi connectivity index (χ1v) is 8.04. The highest BCUT2D eigenvalue weighted by Crippen LogP contribution is 2.29. The Morgan fingerprint density at radius 1 is 1.45 bits per heavy atom. The Morgan fingerprint density at radius 2 is 2.23 bits per heavy atom. The molecule has 0 atom stereocenters. The van der Waals surface area contributed by atoms with Gasteiger partial charge in [-0.15, -0.1) is 11.3 Å². The van der Waals surface area contributed by atoms with Crippen molar-refractivity contribution in [1.29, 1.82) is 0 Å². The predicted octanol–water partition coefficient (Wildman–Crippen LogP) is 2.02. The number of nitrogens with one attached hydrogen (secondary N) is 2. The number of rotatable bonds is 5. The zero-order valence-electron chi connectivity index (χ0n) is 12.5. The number of hydrogen-bond acceptors (Lipinski definition) is 5. The van der Waals surface area contributed by atoms with Crippen LogP contribution in [0, 0.1) is 12.8 Å². The molecule has 0 unspecified atom stereocenters. The van der Waals surface area contributed by atoms with E-state index in [0.29, 0.717) is 11.7 Å². The minimum atomic E-state index is -0.436. The number of thiophene rings is 1. The number of hydrogen-bond donors (Lipinski definition) is 2. The molecule has 2 N–H and O–H groups in total. The molecule has 0 radical (unpaired) electrons. The van der Waals surface area contributed by atoms with Crippen molar-refractivity contribution in [2.75, 3.05) is 11.9 Å². The van der Waals surface area contributed by atoms with Crippen LogP contribution in [-0.2, 0) is 7.05 Å². The molecule has 0 aromatic carbocycles. The molecule has 1 aliphatic rings. The molecule has 1 saturated carbocycles. The molecule has 2 heterocycles. The van der Waals surface area contributed by atoms with Crippen LogP contribution in [0.3, 0.4) is 0 Å². The minimum absolute atomic E-state index is 0.244. The van der Waals surface area contributed by atoms with Crippen LogP contribution in [-0.4, -0.2) is 22.3 Å². The first kappa shape index (κ1) is 14.8. The molecule has 2 aromatic rings. The van der Waals surface area contributed by atoms with Crippen LogP contribution in [0.15, 0.2) is 26.7 Å². The van der Waals surface area contributed by atoms with E-state index in [-0.39, 0.29) is 5.69 Å². The Kier molecular flexibility index (Phi) is 3.98. The van der Waals surface area contributed by atoms with Gasteiger partial charge in [-0.25, -0.2) is 9.79 Å². The molecule has 7 heteroatoms. The maximum atomic E-state index is 12.3. The van der Waals surface area contributed by atoms with Crippen LogP contribution in [0.1, 0.15) is 22.6 Å². The molecule has 3 rings (SSSR count). The van der Waals surface area contributed by atoms with Crippen LogP contribution < -0.4 is 16.6 Å². The molecule has 0 amide bonds. The second-order valence-corrected chi connectivity index (χ2v) is 6.87. The van der Waals surface area contributed by atoms with Crippen LogP contribution >= 0.6 is 11.3 Å². The summed E-state index contributed by atoms with van der Waals surface area (Å²) in [5.41, 5.74) is -0.588. The molecule has 116 valence electrons. The number of aryl methyl sites for hydroxylation is 1. The Balaban J connectivity index is 1.95. The molecule has 0 bridgehead atoms. The van der Waals surface area contributed by atoms with Crippen molar-refractivity contribution >= 4 is 29.1 Å².